The smallest absolute Gasteiger partial charge is 0.282 e. The number of carbonyl (C=O) groups is 1. The molecule has 0 aliphatic heterocycles. The average molecular weight is 382 g/mol. The second-order valence-electron chi connectivity index (χ2n) is 6.52. The van der Waals surface area contributed by atoms with Crippen molar-refractivity contribution in [2.75, 3.05) is 18.5 Å². The molecule has 0 bridgehead atoms. The van der Waals surface area contributed by atoms with Crippen LogP contribution in [0.25, 0.3) is 0 Å². The molecule has 0 spiro atoms. The van der Waals surface area contributed by atoms with Crippen LogP contribution < -0.4 is 20.1 Å². The third-order valence-corrected chi connectivity index (χ3v) is 4.34. The number of carbonyl (C=O) groups excluding carboxylic acids is 1. The lowest BCUT2D eigenvalue weighted by atomic mass is 10.1. The lowest BCUT2D eigenvalue weighted by Crippen LogP contribution is -2.91. The molecule has 3 N–H and O–H groups in total. The first-order valence-corrected chi connectivity index (χ1v) is 9.54. The molecule has 0 aromatic heterocycles. The van der Waals surface area contributed by atoms with E-state index in [1.807, 2.05) is 51.2 Å². The van der Waals surface area contributed by atoms with Crippen LogP contribution in [0.4, 0.5) is 5.69 Å². The third-order valence-electron chi connectivity index (χ3n) is 4.34. The molecule has 0 heterocycles. The van der Waals surface area contributed by atoms with Crippen molar-refractivity contribution in [3.8, 4) is 17.6 Å². The molecular formula is C22H28N3O3+. The van der Waals surface area contributed by atoms with Crippen LogP contribution in [-0.2, 0) is 4.79 Å². The number of anilines is 1. The Balaban J connectivity index is 2.04. The summed E-state index contributed by atoms with van der Waals surface area (Å²) in [5.74, 6) is 1.33. The molecular weight excluding hydrogens is 354 g/mol. The SMILES string of the molecule is CCOc1ccc([C@H](C)[NH2+][C@@H](C)C(=O)Nc2cccc(C#N)c2)cc1OCC. The molecule has 148 valence electrons. The van der Waals surface area contributed by atoms with E-state index in [9.17, 15) is 4.79 Å². The van der Waals surface area contributed by atoms with Crippen LogP contribution in [-0.4, -0.2) is 25.2 Å². The fraction of sp³-hybridized carbons (Fsp3) is 0.364. The molecule has 2 atom stereocenters. The minimum absolute atomic E-state index is 0.0566. The van der Waals surface area contributed by atoms with E-state index >= 15 is 0 Å². The van der Waals surface area contributed by atoms with Gasteiger partial charge in [-0.25, -0.2) is 0 Å². The number of nitrogens with one attached hydrogen (secondary N) is 1. The molecule has 0 aliphatic rings. The van der Waals surface area contributed by atoms with Gasteiger partial charge < -0.3 is 20.1 Å². The molecule has 1 amide bonds. The van der Waals surface area contributed by atoms with Gasteiger partial charge in [-0.15, -0.1) is 0 Å². The Hall–Kier alpha value is -3.04. The number of nitrogens with zero attached hydrogens (tertiary/aromatic N) is 1. The zero-order chi connectivity index (χ0) is 20.5. The molecule has 0 fully saturated rings. The summed E-state index contributed by atoms with van der Waals surface area (Å²) >= 11 is 0. The lowest BCUT2D eigenvalue weighted by molar-refractivity contribution is -0.709. The number of nitriles is 1. The van der Waals surface area contributed by atoms with Crippen LogP contribution in [0.5, 0.6) is 11.5 Å². The van der Waals surface area contributed by atoms with Gasteiger partial charge in [0.05, 0.1) is 24.8 Å². The Labute approximate surface area is 166 Å². The fourth-order valence-corrected chi connectivity index (χ4v) is 2.91. The predicted octanol–water partition coefficient (Wildman–Crippen LogP) is 3.01. The van der Waals surface area contributed by atoms with Crippen molar-refractivity contribution in [3.63, 3.8) is 0 Å². The predicted molar refractivity (Wildman–Crippen MR) is 108 cm³/mol. The number of nitrogens with two attached hydrogens (primary N) is 1. The summed E-state index contributed by atoms with van der Waals surface area (Å²) in [7, 11) is 0. The highest BCUT2D eigenvalue weighted by molar-refractivity contribution is 5.93. The van der Waals surface area contributed by atoms with E-state index in [2.05, 4.69) is 11.4 Å². The molecule has 0 aliphatic carbocycles. The molecule has 6 heteroatoms. The van der Waals surface area contributed by atoms with Crippen LogP contribution in [0.15, 0.2) is 42.5 Å². The highest BCUT2D eigenvalue weighted by Gasteiger charge is 2.21. The first kappa shape index (κ1) is 21.3. The normalized spacial score (nSPS) is 12.5. The largest absolute Gasteiger partial charge is 0.490 e. The van der Waals surface area contributed by atoms with Gasteiger partial charge in [-0.1, -0.05) is 6.07 Å². The fourth-order valence-electron chi connectivity index (χ4n) is 2.91. The number of hydrogen-bond acceptors (Lipinski definition) is 4. The first-order valence-electron chi connectivity index (χ1n) is 9.54. The average Bonchev–Trinajstić information content (AvgIpc) is 2.69. The van der Waals surface area contributed by atoms with Crippen molar-refractivity contribution in [3.05, 3.63) is 53.6 Å². The van der Waals surface area contributed by atoms with Crippen LogP contribution in [0.3, 0.4) is 0 Å². The number of ether oxygens (including phenoxy) is 2. The molecule has 6 nitrogen and oxygen atoms in total. The van der Waals surface area contributed by atoms with E-state index in [0.717, 1.165) is 11.3 Å². The summed E-state index contributed by atoms with van der Waals surface area (Å²) in [6.07, 6.45) is 0. The molecule has 0 saturated heterocycles. The van der Waals surface area contributed by atoms with Gasteiger partial charge in [0.2, 0.25) is 0 Å². The van der Waals surface area contributed by atoms with E-state index in [4.69, 9.17) is 14.7 Å². The number of rotatable bonds is 9. The highest BCUT2D eigenvalue weighted by atomic mass is 16.5. The van der Waals surface area contributed by atoms with Crippen LogP contribution >= 0.6 is 0 Å². The summed E-state index contributed by atoms with van der Waals surface area (Å²) in [5, 5.41) is 13.8. The van der Waals surface area contributed by atoms with Crippen molar-refractivity contribution in [2.45, 2.75) is 39.8 Å². The number of hydrogen-bond donors (Lipinski definition) is 2. The maximum Gasteiger partial charge on any atom is 0.282 e. The van der Waals surface area contributed by atoms with Gasteiger partial charge in [0.1, 0.15) is 6.04 Å². The molecule has 0 radical (unpaired) electrons. The summed E-state index contributed by atoms with van der Waals surface area (Å²) < 4.78 is 11.3. The minimum Gasteiger partial charge on any atom is -0.490 e. The second-order valence-corrected chi connectivity index (χ2v) is 6.52. The monoisotopic (exact) mass is 382 g/mol. The summed E-state index contributed by atoms with van der Waals surface area (Å²) in [4.78, 5) is 12.5. The first-order chi connectivity index (χ1) is 13.5. The molecule has 28 heavy (non-hydrogen) atoms. The van der Waals surface area contributed by atoms with E-state index in [1.165, 1.54) is 0 Å². The van der Waals surface area contributed by atoms with Crippen molar-refractivity contribution in [2.24, 2.45) is 0 Å². The van der Waals surface area contributed by atoms with Gasteiger partial charge in [0.25, 0.3) is 5.91 Å². The van der Waals surface area contributed by atoms with Gasteiger partial charge in [0.15, 0.2) is 17.5 Å². The van der Waals surface area contributed by atoms with Gasteiger partial charge >= 0.3 is 0 Å². The van der Waals surface area contributed by atoms with Crippen LogP contribution in [0, 0.1) is 11.3 Å². The second kappa shape index (κ2) is 10.3. The van der Waals surface area contributed by atoms with Crippen LogP contribution in [0.1, 0.15) is 44.9 Å². The van der Waals surface area contributed by atoms with Crippen molar-refractivity contribution in [1.82, 2.24) is 0 Å². The minimum atomic E-state index is -0.303. The van der Waals surface area contributed by atoms with Crippen molar-refractivity contribution < 1.29 is 19.6 Å². The van der Waals surface area contributed by atoms with Crippen molar-refractivity contribution >= 4 is 11.6 Å². The van der Waals surface area contributed by atoms with E-state index < -0.39 is 0 Å². The van der Waals surface area contributed by atoms with Gasteiger partial charge in [-0.3, -0.25) is 4.79 Å². The molecule has 2 aromatic rings. The molecule has 2 aromatic carbocycles. The lowest BCUT2D eigenvalue weighted by Gasteiger charge is -2.18. The topological polar surface area (TPSA) is 88.0 Å². The molecule has 0 unspecified atom stereocenters. The zero-order valence-electron chi connectivity index (χ0n) is 16.9. The van der Waals surface area contributed by atoms with E-state index in [1.54, 1.807) is 24.3 Å². The molecule has 2 rings (SSSR count). The maximum atomic E-state index is 12.5. The summed E-state index contributed by atoms with van der Waals surface area (Å²) in [6, 6.07) is 14.6. The summed E-state index contributed by atoms with van der Waals surface area (Å²) in [5.41, 5.74) is 2.19. The quantitative estimate of drug-likeness (QED) is 0.698. The number of quaternary nitrogens is 1. The van der Waals surface area contributed by atoms with Gasteiger partial charge in [-0.05, 0) is 64.1 Å². The maximum absolute atomic E-state index is 12.5. The third kappa shape index (κ3) is 5.73. The number of amides is 1. The highest BCUT2D eigenvalue weighted by Crippen LogP contribution is 2.30. The summed E-state index contributed by atoms with van der Waals surface area (Å²) in [6.45, 7) is 8.91. The Morgan fingerprint density at radius 1 is 1.11 bits per heavy atom. The Morgan fingerprint density at radius 3 is 2.50 bits per heavy atom. The van der Waals surface area contributed by atoms with Crippen LogP contribution in [0.2, 0.25) is 0 Å². The zero-order valence-corrected chi connectivity index (χ0v) is 16.9. The number of benzene rings is 2. The van der Waals surface area contributed by atoms with E-state index in [-0.39, 0.29) is 18.0 Å². The van der Waals surface area contributed by atoms with Gasteiger partial charge in [-0.2, -0.15) is 5.26 Å². The molecule has 0 saturated carbocycles. The van der Waals surface area contributed by atoms with E-state index in [0.29, 0.717) is 30.2 Å². The Bertz CT molecular complexity index is 845. The van der Waals surface area contributed by atoms with Gasteiger partial charge in [0, 0.05) is 11.3 Å². The Kier molecular flexibility index (Phi) is 7.85. The Morgan fingerprint density at radius 2 is 1.82 bits per heavy atom. The standard InChI is InChI=1S/C22H27N3O3/c1-5-27-20-11-10-18(13-21(20)28-6-2)15(3)24-16(4)22(26)25-19-9-7-8-17(12-19)14-23/h7-13,15-16,24H,5-6H2,1-4H3,(H,25,26)/p+1/t15-,16-/m0/s1. The van der Waals surface area contributed by atoms with Crippen molar-refractivity contribution in [1.29, 1.82) is 5.26 Å².